The molecular weight excluding hydrogens is 232 g/mol. The minimum absolute atomic E-state index is 0.182. The largest absolute Gasteiger partial charge is 0.434 e. The Morgan fingerprint density at radius 2 is 2.00 bits per heavy atom. The van der Waals surface area contributed by atoms with Crippen LogP contribution in [0.1, 0.15) is 6.92 Å². The van der Waals surface area contributed by atoms with Crippen LogP contribution in [-0.2, 0) is 4.79 Å². The molecule has 0 fully saturated rings. The molecule has 0 aliphatic rings. The predicted molar refractivity (Wildman–Crippen MR) is 67.3 cm³/mol. The molecule has 3 N–H and O–H groups in total. The maximum absolute atomic E-state index is 11.1. The van der Waals surface area contributed by atoms with Crippen LogP contribution >= 0.6 is 0 Å². The van der Waals surface area contributed by atoms with Gasteiger partial charge in [-0.2, -0.15) is 0 Å². The monoisotopic (exact) mass is 244 g/mol. The number of carbonyl (C=O) groups is 1. The molecular formula is C12H12N4O2. The van der Waals surface area contributed by atoms with E-state index in [-0.39, 0.29) is 17.6 Å². The maximum atomic E-state index is 11.1. The van der Waals surface area contributed by atoms with E-state index in [4.69, 9.17) is 10.5 Å². The lowest BCUT2D eigenvalue weighted by atomic mass is 10.3. The van der Waals surface area contributed by atoms with Gasteiger partial charge in [-0.15, -0.1) is 0 Å². The number of para-hydroxylation sites is 2. The summed E-state index contributed by atoms with van der Waals surface area (Å²) in [7, 11) is 0. The maximum Gasteiger partial charge on any atom is 0.262 e. The number of hydrogen-bond donors (Lipinski definition) is 2. The van der Waals surface area contributed by atoms with Gasteiger partial charge < -0.3 is 15.8 Å². The summed E-state index contributed by atoms with van der Waals surface area (Å²) >= 11 is 0. The zero-order valence-electron chi connectivity index (χ0n) is 9.75. The Morgan fingerprint density at radius 1 is 1.28 bits per heavy atom. The number of rotatable bonds is 3. The van der Waals surface area contributed by atoms with Crippen molar-refractivity contribution < 1.29 is 9.53 Å². The number of anilines is 2. The summed E-state index contributed by atoms with van der Waals surface area (Å²) in [6, 6.07) is 7.01. The predicted octanol–water partition coefficient (Wildman–Crippen LogP) is 1.81. The molecule has 0 aliphatic carbocycles. The third-order valence-electron chi connectivity index (χ3n) is 2.10. The Hall–Kier alpha value is -2.63. The summed E-state index contributed by atoms with van der Waals surface area (Å²) in [5, 5.41) is 2.66. The fourth-order valence-corrected chi connectivity index (χ4v) is 1.37. The molecule has 6 nitrogen and oxygen atoms in total. The number of hydrogen-bond acceptors (Lipinski definition) is 5. The molecule has 0 atom stereocenters. The van der Waals surface area contributed by atoms with Crippen LogP contribution in [0.15, 0.2) is 36.7 Å². The number of nitrogens with two attached hydrogens (primary N) is 1. The second kappa shape index (κ2) is 5.13. The zero-order chi connectivity index (χ0) is 13.0. The van der Waals surface area contributed by atoms with Crippen molar-refractivity contribution >= 4 is 17.4 Å². The highest BCUT2D eigenvalue weighted by molar-refractivity contribution is 5.90. The number of ether oxygens (including phenoxy) is 1. The molecule has 0 saturated carbocycles. The van der Waals surface area contributed by atoms with E-state index in [0.717, 1.165) is 0 Å². The molecule has 0 aliphatic heterocycles. The van der Waals surface area contributed by atoms with E-state index in [9.17, 15) is 4.79 Å². The van der Waals surface area contributed by atoms with Crippen molar-refractivity contribution in [1.82, 2.24) is 9.97 Å². The van der Waals surface area contributed by atoms with Gasteiger partial charge in [-0.3, -0.25) is 4.79 Å². The highest BCUT2D eigenvalue weighted by Gasteiger charge is 2.08. The van der Waals surface area contributed by atoms with Gasteiger partial charge in [0.05, 0.1) is 5.69 Å². The summed E-state index contributed by atoms with van der Waals surface area (Å²) in [6.07, 6.45) is 2.95. The lowest BCUT2D eigenvalue weighted by molar-refractivity contribution is -0.114. The first-order valence-corrected chi connectivity index (χ1v) is 5.28. The highest BCUT2D eigenvalue weighted by atomic mass is 16.5. The molecule has 1 amide bonds. The molecule has 0 unspecified atom stereocenters. The Balaban J connectivity index is 2.29. The molecule has 0 saturated heterocycles. The first-order valence-electron chi connectivity index (χ1n) is 5.28. The summed E-state index contributed by atoms with van der Waals surface area (Å²) in [4.78, 5) is 18.9. The molecule has 0 bridgehead atoms. The van der Waals surface area contributed by atoms with Crippen molar-refractivity contribution in [3.63, 3.8) is 0 Å². The van der Waals surface area contributed by atoms with E-state index < -0.39 is 0 Å². The van der Waals surface area contributed by atoms with Crippen LogP contribution in [0, 0.1) is 0 Å². The summed E-state index contributed by atoms with van der Waals surface area (Å²) < 4.78 is 5.53. The smallest absolute Gasteiger partial charge is 0.262 e. The Kier molecular flexibility index (Phi) is 3.38. The number of aromatic nitrogens is 2. The molecule has 0 radical (unpaired) electrons. The number of carbonyl (C=O) groups excluding carboxylic acids is 1. The molecule has 18 heavy (non-hydrogen) atoms. The molecule has 2 rings (SSSR count). The molecule has 6 heteroatoms. The van der Waals surface area contributed by atoms with Crippen LogP contribution < -0.4 is 15.8 Å². The SMILES string of the molecule is CC(=O)Nc1ccccc1Oc1nccnc1N. The number of benzene rings is 1. The summed E-state index contributed by atoms with van der Waals surface area (Å²) in [6.45, 7) is 1.42. The van der Waals surface area contributed by atoms with E-state index >= 15 is 0 Å². The van der Waals surface area contributed by atoms with Gasteiger partial charge in [-0.05, 0) is 12.1 Å². The lowest BCUT2D eigenvalue weighted by Gasteiger charge is -2.10. The van der Waals surface area contributed by atoms with E-state index in [2.05, 4.69) is 15.3 Å². The number of nitrogens with zero attached hydrogens (tertiary/aromatic N) is 2. The Bertz CT molecular complexity index is 572. The molecule has 92 valence electrons. The van der Waals surface area contributed by atoms with Crippen molar-refractivity contribution in [2.45, 2.75) is 6.92 Å². The normalized spacial score (nSPS) is 9.83. The van der Waals surface area contributed by atoms with Crippen LogP contribution in [0.2, 0.25) is 0 Å². The lowest BCUT2D eigenvalue weighted by Crippen LogP contribution is -2.07. The van der Waals surface area contributed by atoms with Crippen molar-refractivity contribution in [2.75, 3.05) is 11.1 Å². The van der Waals surface area contributed by atoms with Crippen LogP contribution in [0.25, 0.3) is 0 Å². The molecule has 2 aromatic rings. The number of nitrogen functional groups attached to an aromatic ring is 1. The third-order valence-corrected chi connectivity index (χ3v) is 2.10. The van der Waals surface area contributed by atoms with Gasteiger partial charge in [0.1, 0.15) is 0 Å². The Labute approximate surface area is 104 Å². The van der Waals surface area contributed by atoms with Gasteiger partial charge >= 0.3 is 0 Å². The van der Waals surface area contributed by atoms with Gasteiger partial charge in [-0.25, -0.2) is 9.97 Å². The van der Waals surface area contributed by atoms with Crippen molar-refractivity contribution in [3.05, 3.63) is 36.7 Å². The fourth-order valence-electron chi connectivity index (χ4n) is 1.37. The van der Waals surface area contributed by atoms with E-state index in [1.54, 1.807) is 24.3 Å². The average Bonchev–Trinajstić information content (AvgIpc) is 2.34. The van der Waals surface area contributed by atoms with Crippen LogP contribution in [-0.4, -0.2) is 15.9 Å². The van der Waals surface area contributed by atoms with Crippen molar-refractivity contribution in [2.24, 2.45) is 0 Å². The van der Waals surface area contributed by atoms with Crippen LogP contribution in [0.3, 0.4) is 0 Å². The van der Waals surface area contributed by atoms with Gasteiger partial charge in [0.2, 0.25) is 5.91 Å². The Morgan fingerprint density at radius 3 is 2.72 bits per heavy atom. The first-order chi connectivity index (χ1) is 8.66. The molecule has 1 aromatic carbocycles. The molecule has 1 aromatic heterocycles. The molecule has 1 heterocycles. The van der Waals surface area contributed by atoms with Gasteiger partial charge in [0.15, 0.2) is 11.6 Å². The second-order valence-electron chi connectivity index (χ2n) is 3.53. The third kappa shape index (κ3) is 2.73. The topological polar surface area (TPSA) is 90.1 Å². The highest BCUT2D eigenvalue weighted by Crippen LogP contribution is 2.29. The second-order valence-corrected chi connectivity index (χ2v) is 3.53. The van der Waals surface area contributed by atoms with E-state index in [1.165, 1.54) is 19.3 Å². The minimum atomic E-state index is -0.182. The van der Waals surface area contributed by atoms with Crippen LogP contribution in [0.4, 0.5) is 11.5 Å². The van der Waals surface area contributed by atoms with Gasteiger partial charge in [0.25, 0.3) is 5.88 Å². The zero-order valence-corrected chi connectivity index (χ0v) is 9.75. The van der Waals surface area contributed by atoms with Crippen molar-refractivity contribution in [3.8, 4) is 11.6 Å². The quantitative estimate of drug-likeness (QED) is 0.859. The first kappa shape index (κ1) is 11.8. The molecule has 0 spiro atoms. The van der Waals surface area contributed by atoms with Crippen LogP contribution in [0.5, 0.6) is 11.6 Å². The summed E-state index contributed by atoms with van der Waals surface area (Å²) in [5.41, 5.74) is 6.18. The number of amides is 1. The van der Waals surface area contributed by atoms with Crippen molar-refractivity contribution in [1.29, 1.82) is 0 Å². The standard InChI is InChI=1S/C12H12N4O2/c1-8(17)16-9-4-2-3-5-10(9)18-12-11(13)14-6-7-15-12/h2-7H,1H3,(H2,13,14)(H,16,17). The summed E-state index contributed by atoms with van der Waals surface area (Å²) in [5.74, 6) is 0.670. The van der Waals surface area contributed by atoms with E-state index in [0.29, 0.717) is 11.4 Å². The fraction of sp³-hybridized carbons (Fsp3) is 0.0833. The average molecular weight is 244 g/mol. The minimum Gasteiger partial charge on any atom is -0.434 e. The number of nitrogens with one attached hydrogen (secondary N) is 1. The van der Waals surface area contributed by atoms with E-state index in [1.807, 2.05) is 0 Å². The van der Waals surface area contributed by atoms with Gasteiger partial charge in [-0.1, -0.05) is 12.1 Å². The van der Waals surface area contributed by atoms with Gasteiger partial charge in [0, 0.05) is 19.3 Å².